The summed E-state index contributed by atoms with van der Waals surface area (Å²) in [5, 5.41) is 5.49. The maximum Gasteiger partial charge on any atom is 0.255 e. The number of carbonyl (C=O) groups is 2. The minimum absolute atomic E-state index is 0.141. The zero-order valence-electron chi connectivity index (χ0n) is 14.4. The van der Waals surface area contributed by atoms with Crippen LogP contribution in [0.4, 0.5) is 11.4 Å². The van der Waals surface area contributed by atoms with Gasteiger partial charge in [0.15, 0.2) is 0 Å². The number of ether oxygens (including phenoxy) is 2. The Balaban J connectivity index is 1.94. The van der Waals surface area contributed by atoms with Crippen LogP contribution in [0.25, 0.3) is 0 Å². The predicted octanol–water partition coefficient (Wildman–Crippen LogP) is 3.31. The van der Waals surface area contributed by atoms with E-state index in [-0.39, 0.29) is 11.8 Å². The van der Waals surface area contributed by atoms with Gasteiger partial charge in [-0.2, -0.15) is 0 Å². The Bertz CT molecular complexity index is 714. The average molecular weight is 342 g/mol. The van der Waals surface area contributed by atoms with Crippen LogP contribution < -0.4 is 15.4 Å². The minimum Gasteiger partial charge on any atom is -0.491 e. The molecular weight excluding hydrogens is 320 g/mol. The Morgan fingerprint density at radius 1 is 0.960 bits per heavy atom. The molecule has 0 atom stereocenters. The van der Waals surface area contributed by atoms with Crippen molar-refractivity contribution in [3.8, 4) is 5.75 Å². The van der Waals surface area contributed by atoms with E-state index in [9.17, 15) is 9.59 Å². The number of amides is 2. The van der Waals surface area contributed by atoms with Crippen molar-refractivity contribution in [1.29, 1.82) is 0 Å². The topological polar surface area (TPSA) is 76.7 Å². The van der Waals surface area contributed by atoms with E-state index in [1.165, 1.54) is 6.92 Å². The van der Waals surface area contributed by atoms with E-state index >= 15 is 0 Å². The third kappa shape index (κ3) is 6.27. The van der Waals surface area contributed by atoms with Crippen LogP contribution in [0.15, 0.2) is 48.5 Å². The van der Waals surface area contributed by atoms with Crippen molar-refractivity contribution in [3.63, 3.8) is 0 Å². The van der Waals surface area contributed by atoms with Gasteiger partial charge in [0, 0.05) is 30.5 Å². The van der Waals surface area contributed by atoms with E-state index in [1.54, 1.807) is 48.5 Å². The molecule has 0 aliphatic heterocycles. The molecule has 0 bridgehead atoms. The third-order valence-electron chi connectivity index (χ3n) is 3.26. The number of rotatable bonds is 8. The fourth-order valence-electron chi connectivity index (χ4n) is 2.13. The van der Waals surface area contributed by atoms with E-state index in [1.807, 2.05) is 6.92 Å². The van der Waals surface area contributed by atoms with Crippen LogP contribution >= 0.6 is 0 Å². The van der Waals surface area contributed by atoms with Gasteiger partial charge in [-0.05, 0) is 49.4 Å². The van der Waals surface area contributed by atoms with Crippen LogP contribution in [-0.4, -0.2) is 31.6 Å². The molecule has 0 radical (unpaired) electrons. The Kier molecular flexibility index (Phi) is 6.98. The van der Waals surface area contributed by atoms with Gasteiger partial charge in [0.05, 0.1) is 6.61 Å². The van der Waals surface area contributed by atoms with Gasteiger partial charge in [-0.15, -0.1) is 0 Å². The predicted molar refractivity (Wildman–Crippen MR) is 97.1 cm³/mol. The van der Waals surface area contributed by atoms with Crippen LogP contribution in [0, 0.1) is 0 Å². The molecule has 2 N–H and O–H groups in total. The molecule has 0 fully saturated rings. The molecule has 6 nitrogen and oxygen atoms in total. The Morgan fingerprint density at radius 3 is 2.28 bits per heavy atom. The largest absolute Gasteiger partial charge is 0.491 e. The van der Waals surface area contributed by atoms with E-state index < -0.39 is 0 Å². The highest BCUT2D eigenvalue weighted by Gasteiger charge is 2.07. The van der Waals surface area contributed by atoms with Crippen molar-refractivity contribution >= 4 is 23.2 Å². The summed E-state index contributed by atoms with van der Waals surface area (Å²) < 4.78 is 10.8. The smallest absolute Gasteiger partial charge is 0.255 e. The number of carbonyl (C=O) groups excluding carboxylic acids is 2. The molecule has 25 heavy (non-hydrogen) atoms. The van der Waals surface area contributed by atoms with Crippen LogP contribution in [0.1, 0.15) is 24.2 Å². The summed E-state index contributed by atoms with van der Waals surface area (Å²) in [5.74, 6) is 0.244. The fourth-order valence-corrected chi connectivity index (χ4v) is 2.13. The number of benzene rings is 2. The summed E-state index contributed by atoms with van der Waals surface area (Å²) in [6.07, 6.45) is 0. The number of nitrogens with one attached hydrogen (secondary N) is 2. The van der Waals surface area contributed by atoms with Gasteiger partial charge < -0.3 is 20.1 Å². The Labute approximate surface area is 147 Å². The lowest BCUT2D eigenvalue weighted by molar-refractivity contribution is -0.114. The lowest BCUT2D eigenvalue weighted by atomic mass is 10.2. The fraction of sp³-hybridized carbons (Fsp3) is 0.263. The summed E-state index contributed by atoms with van der Waals surface area (Å²) in [6.45, 7) is 4.95. The highest BCUT2D eigenvalue weighted by molar-refractivity contribution is 6.04. The molecule has 0 unspecified atom stereocenters. The van der Waals surface area contributed by atoms with E-state index in [0.717, 1.165) is 0 Å². The zero-order valence-corrected chi connectivity index (χ0v) is 14.4. The lowest BCUT2D eigenvalue weighted by Crippen LogP contribution is -2.12. The first-order chi connectivity index (χ1) is 12.1. The first kappa shape index (κ1) is 18.5. The lowest BCUT2D eigenvalue weighted by Gasteiger charge is -2.09. The maximum atomic E-state index is 12.3. The molecular formula is C19H22N2O4. The van der Waals surface area contributed by atoms with Crippen LogP contribution in [0.3, 0.4) is 0 Å². The second-order valence-corrected chi connectivity index (χ2v) is 5.29. The number of anilines is 2. The second kappa shape index (κ2) is 9.44. The molecule has 132 valence electrons. The highest BCUT2D eigenvalue weighted by Crippen LogP contribution is 2.17. The highest BCUT2D eigenvalue weighted by atomic mass is 16.5. The number of hydrogen-bond acceptors (Lipinski definition) is 4. The summed E-state index contributed by atoms with van der Waals surface area (Å²) in [4.78, 5) is 23.3. The molecule has 0 saturated heterocycles. The SMILES string of the molecule is CCOCCOc1cccc(C(=O)Nc2ccc(NC(C)=O)cc2)c1. The molecule has 0 spiro atoms. The van der Waals surface area contributed by atoms with Crippen molar-refractivity contribution < 1.29 is 19.1 Å². The van der Waals surface area contributed by atoms with Gasteiger partial charge in [0.2, 0.25) is 5.91 Å². The van der Waals surface area contributed by atoms with Crippen molar-refractivity contribution in [1.82, 2.24) is 0 Å². The van der Waals surface area contributed by atoms with Crippen molar-refractivity contribution in [3.05, 3.63) is 54.1 Å². The van der Waals surface area contributed by atoms with E-state index in [0.29, 0.717) is 42.5 Å². The molecule has 0 aromatic heterocycles. The summed E-state index contributed by atoms with van der Waals surface area (Å²) in [5.41, 5.74) is 1.82. The Hall–Kier alpha value is -2.86. The Morgan fingerprint density at radius 2 is 1.64 bits per heavy atom. The van der Waals surface area contributed by atoms with Crippen molar-refractivity contribution in [2.24, 2.45) is 0 Å². The second-order valence-electron chi connectivity index (χ2n) is 5.29. The monoisotopic (exact) mass is 342 g/mol. The van der Waals surface area contributed by atoms with Crippen LogP contribution in [0.2, 0.25) is 0 Å². The van der Waals surface area contributed by atoms with Crippen molar-refractivity contribution in [2.45, 2.75) is 13.8 Å². The molecule has 6 heteroatoms. The quantitative estimate of drug-likeness (QED) is 0.722. The number of hydrogen-bond donors (Lipinski definition) is 2. The van der Waals surface area contributed by atoms with Gasteiger partial charge in [-0.3, -0.25) is 9.59 Å². The first-order valence-electron chi connectivity index (χ1n) is 8.08. The van der Waals surface area contributed by atoms with Gasteiger partial charge in [-0.25, -0.2) is 0 Å². The summed E-state index contributed by atoms with van der Waals surface area (Å²) in [7, 11) is 0. The standard InChI is InChI=1S/C19H22N2O4/c1-3-24-11-12-25-18-6-4-5-15(13-18)19(23)21-17-9-7-16(8-10-17)20-14(2)22/h4-10,13H,3,11-12H2,1-2H3,(H,20,22)(H,21,23). The molecule has 2 aromatic rings. The molecule has 0 aliphatic carbocycles. The molecule has 2 rings (SSSR count). The zero-order chi connectivity index (χ0) is 18.1. The summed E-state index contributed by atoms with van der Waals surface area (Å²) >= 11 is 0. The summed E-state index contributed by atoms with van der Waals surface area (Å²) in [6, 6.07) is 13.9. The molecule has 0 saturated carbocycles. The molecule has 2 amide bonds. The molecule has 2 aromatic carbocycles. The normalized spacial score (nSPS) is 10.2. The van der Waals surface area contributed by atoms with Crippen LogP contribution in [0.5, 0.6) is 5.75 Å². The van der Waals surface area contributed by atoms with E-state index in [2.05, 4.69) is 10.6 Å². The first-order valence-corrected chi connectivity index (χ1v) is 8.08. The van der Waals surface area contributed by atoms with E-state index in [4.69, 9.17) is 9.47 Å². The average Bonchev–Trinajstić information content (AvgIpc) is 2.60. The van der Waals surface area contributed by atoms with Gasteiger partial charge in [-0.1, -0.05) is 6.07 Å². The van der Waals surface area contributed by atoms with Gasteiger partial charge in [0.1, 0.15) is 12.4 Å². The molecule has 0 aliphatic rings. The molecule has 0 heterocycles. The minimum atomic E-state index is -0.234. The third-order valence-corrected chi connectivity index (χ3v) is 3.26. The maximum absolute atomic E-state index is 12.3. The van der Waals surface area contributed by atoms with Gasteiger partial charge >= 0.3 is 0 Å². The van der Waals surface area contributed by atoms with Gasteiger partial charge in [0.25, 0.3) is 5.91 Å². The van der Waals surface area contributed by atoms with Crippen molar-refractivity contribution in [2.75, 3.05) is 30.5 Å². The van der Waals surface area contributed by atoms with Crippen LogP contribution in [-0.2, 0) is 9.53 Å².